The van der Waals surface area contributed by atoms with Gasteiger partial charge in [0.2, 0.25) is 5.91 Å². The van der Waals surface area contributed by atoms with Crippen molar-refractivity contribution < 1.29 is 4.79 Å². The topological polar surface area (TPSA) is 42.0 Å². The van der Waals surface area contributed by atoms with E-state index in [4.69, 9.17) is 0 Å². The number of carbonyl (C=O) groups excluding carboxylic acids is 1. The predicted octanol–water partition coefficient (Wildman–Crippen LogP) is 1.70. The van der Waals surface area contributed by atoms with Crippen LogP contribution >= 0.6 is 0 Å². The number of hydrogen-bond acceptors (Lipinski definition) is 2. The van der Waals surface area contributed by atoms with Crippen molar-refractivity contribution in [2.75, 3.05) is 5.32 Å². The van der Waals surface area contributed by atoms with E-state index in [-0.39, 0.29) is 5.91 Å². The molecule has 13 heavy (non-hydrogen) atoms. The number of nitrogens with zero attached hydrogens (tertiary/aromatic N) is 1. The van der Waals surface area contributed by atoms with Crippen LogP contribution in [0.3, 0.4) is 0 Å². The van der Waals surface area contributed by atoms with Gasteiger partial charge >= 0.3 is 0 Å². The summed E-state index contributed by atoms with van der Waals surface area (Å²) >= 11 is 0. The van der Waals surface area contributed by atoms with Gasteiger partial charge in [0, 0.05) is 6.20 Å². The van der Waals surface area contributed by atoms with E-state index in [1.54, 1.807) is 6.20 Å². The Balaban J connectivity index is 2.59. The average molecular weight is 176 g/mol. The number of rotatable bonds is 1. The molecule has 1 amide bonds. The molecule has 3 nitrogen and oxygen atoms in total. The molecular formula is C10H12N2O. The van der Waals surface area contributed by atoms with E-state index in [2.05, 4.69) is 10.3 Å². The molecule has 0 aromatic carbocycles. The number of fused-ring (bicyclic) bond motifs is 1. The number of pyridine rings is 1. The van der Waals surface area contributed by atoms with Gasteiger partial charge in [-0.25, -0.2) is 0 Å². The molecule has 1 aromatic rings. The standard InChI is InChI=1S/C10H12N2O/c1-3-10(2)8-7(12-9(10)13)5-4-6-11-8/h4-6H,3H2,1-2H3,(H,12,13). The first-order chi connectivity index (χ1) is 6.18. The van der Waals surface area contributed by atoms with Crippen molar-refractivity contribution in [2.24, 2.45) is 0 Å². The minimum Gasteiger partial charge on any atom is -0.324 e. The number of amides is 1. The molecule has 1 unspecified atom stereocenters. The van der Waals surface area contributed by atoms with Crippen molar-refractivity contribution in [2.45, 2.75) is 25.7 Å². The van der Waals surface area contributed by atoms with Crippen LogP contribution in [0.4, 0.5) is 5.69 Å². The molecule has 0 fully saturated rings. The van der Waals surface area contributed by atoms with Crippen LogP contribution in [0.25, 0.3) is 0 Å². The molecule has 3 heteroatoms. The van der Waals surface area contributed by atoms with Crippen LogP contribution in [-0.2, 0) is 10.2 Å². The maximum atomic E-state index is 11.6. The van der Waals surface area contributed by atoms with Crippen molar-refractivity contribution in [1.29, 1.82) is 0 Å². The Morgan fingerprint density at radius 1 is 1.62 bits per heavy atom. The van der Waals surface area contributed by atoms with Crippen LogP contribution in [0, 0.1) is 0 Å². The lowest BCUT2D eigenvalue weighted by Crippen LogP contribution is -2.30. The summed E-state index contributed by atoms with van der Waals surface area (Å²) in [7, 11) is 0. The fraction of sp³-hybridized carbons (Fsp3) is 0.400. The monoisotopic (exact) mass is 176 g/mol. The van der Waals surface area contributed by atoms with Crippen LogP contribution in [0.15, 0.2) is 18.3 Å². The zero-order chi connectivity index (χ0) is 9.47. The minimum atomic E-state index is -0.434. The molecule has 0 spiro atoms. The second-order valence-corrected chi connectivity index (χ2v) is 3.54. The zero-order valence-corrected chi connectivity index (χ0v) is 7.79. The molecule has 1 N–H and O–H groups in total. The lowest BCUT2D eigenvalue weighted by Gasteiger charge is -2.17. The maximum absolute atomic E-state index is 11.6. The molecule has 0 aliphatic carbocycles. The van der Waals surface area contributed by atoms with Crippen molar-refractivity contribution in [3.63, 3.8) is 0 Å². The predicted molar refractivity (Wildman–Crippen MR) is 50.5 cm³/mol. The summed E-state index contributed by atoms with van der Waals surface area (Å²) in [5, 5.41) is 2.84. The molecule has 2 heterocycles. The minimum absolute atomic E-state index is 0.0590. The Morgan fingerprint density at radius 2 is 2.38 bits per heavy atom. The third-order valence-electron chi connectivity index (χ3n) is 2.79. The van der Waals surface area contributed by atoms with Gasteiger partial charge in [-0.2, -0.15) is 0 Å². The summed E-state index contributed by atoms with van der Waals surface area (Å²) in [5.74, 6) is 0.0590. The largest absolute Gasteiger partial charge is 0.324 e. The molecule has 2 rings (SSSR count). The lowest BCUT2D eigenvalue weighted by molar-refractivity contribution is -0.120. The van der Waals surface area contributed by atoms with E-state index in [1.807, 2.05) is 26.0 Å². The third kappa shape index (κ3) is 0.963. The number of hydrogen-bond donors (Lipinski definition) is 1. The van der Waals surface area contributed by atoms with Gasteiger partial charge in [-0.05, 0) is 25.5 Å². The number of carbonyl (C=O) groups is 1. The van der Waals surface area contributed by atoms with E-state index in [9.17, 15) is 4.79 Å². The van der Waals surface area contributed by atoms with Crippen LogP contribution < -0.4 is 5.32 Å². The van der Waals surface area contributed by atoms with E-state index in [1.165, 1.54) is 0 Å². The highest BCUT2D eigenvalue weighted by Crippen LogP contribution is 2.37. The fourth-order valence-corrected chi connectivity index (χ4v) is 1.64. The van der Waals surface area contributed by atoms with E-state index in [0.29, 0.717) is 0 Å². The summed E-state index contributed by atoms with van der Waals surface area (Å²) in [5.41, 5.74) is 1.30. The smallest absolute Gasteiger partial charge is 0.236 e. The maximum Gasteiger partial charge on any atom is 0.236 e. The van der Waals surface area contributed by atoms with Gasteiger partial charge in [0.1, 0.15) is 0 Å². The molecule has 68 valence electrons. The third-order valence-corrected chi connectivity index (χ3v) is 2.79. The number of anilines is 1. The Bertz CT molecular complexity index is 362. The van der Waals surface area contributed by atoms with Crippen LogP contribution in [0.2, 0.25) is 0 Å². The normalized spacial score (nSPS) is 25.5. The van der Waals surface area contributed by atoms with E-state index >= 15 is 0 Å². The van der Waals surface area contributed by atoms with Crippen molar-refractivity contribution in [3.8, 4) is 0 Å². The highest BCUT2D eigenvalue weighted by Gasteiger charge is 2.42. The number of aromatic nitrogens is 1. The van der Waals surface area contributed by atoms with Gasteiger partial charge < -0.3 is 5.32 Å². The SMILES string of the molecule is CCC1(C)C(=O)Nc2cccnc21. The quantitative estimate of drug-likeness (QED) is 0.707. The van der Waals surface area contributed by atoms with Gasteiger partial charge in [0.05, 0.1) is 16.8 Å². The molecular weight excluding hydrogens is 164 g/mol. The molecule has 0 radical (unpaired) electrons. The highest BCUT2D eigenvalue weighted by molar-refractivity contribution is 6.05. The Morgan fingerprint density at radius 3 is 3.08 bits per heavy atom. The van der Waals surface area contributed by atoms with Crippen molar-refractivity contribution in [3.05, 3.63) is 24.0 Å². The first kappa shape index (κ1) is 8.23. The Labute approximate surface area is 77.2 Å². The second-order valence-electron chi connectivity index (χ2n) is 3.54. The van der Waals surface area contributed by atoms with Gasteiger partial charge in [-0.3, -0.25) is 9.78 Å². The van der Waals surface area contributed by atoms with Gasteiger partial charge in [0.25, 0.3) is 0 Å². The first-order valence-corrected chi connectivity index (χ1v) is 4.45. The highest BCUT2D eigenvalue weighted by atomic mass is 16.2. The van der Waals surface area contributed by atoms with Crippen LogP contribution in [-0.4, -0.2) is 10.9 Å². The van der Waals surface area contributed by atoms with E-state index in [0.717, 1.165) is 17.8 Å². The Kier molecular flexibility index (Phi) is 1.62. The Hall–Kier alpha value is -1.38. The average Bonchev–Trinajstić information content (AvgIpc) is 2.41. The molecule has 1 aliphatic heterocycles. The number of nitrogens with one attached hydrogen (secondary N) is 1. The van der Waals surface area contributed by atoms with Crippen LogP contribution in [0.1, 0.15) is 26.0 Å². The van der Waals surface area contributed by atoms with Gasteiger partial charge in [0.15, 0.2) is 0 Å². The fourth-order valence-electron chi connectivity index (χ4n) is 1.64. The molecule has 0 bridgehead atoms. The molecule has 0 saturated heterocycles. The first-order valence-electron chi connectivity index (χ1n) is 4.45. The summed E-state index contributed by atoms with van der Waals surface area (Å²) in [6.07, 6.45) is 2.51. The summed E-state index contributed by atoms with van der Waals surface area (Å²) in [6, 6.07) is 3.72. The van der Waals surface area contributed by atoms with Crippen LogP contribution in [0.5, 0.6) is 0 Å². The molecule has 1 aliphatic rings. The van der Waals surface area contributed by atoms with Gasteiger partial charge in [-0.15, -0.1) is 0 Å². The summed E-state index contributed by atoms with van der Waals surface area (Å²) in [4.78, 5) is 15.9. The second kappa shape index (κ2) is 2.55. The summed E-state index contributed by atoms with van der Waals surface area (Å²) < 4.78 is 0. The molecule has 1 aromatic heterocycles. The zero-order valence-electron chi connectivity index (χ0n) is 7.79. The van der Waals surface area contributed by atoms with E-state index < -0.39 is 5.41 Å². The lowest BCUT2D eigenvalue weighted by atomic mass is 9.85. The van der Waals surface area contributed by atoms with Gasteiger partial charge in [-0.1, -0.05) is 6.92 Å². The van der Waals surface area contributed by atoms with Crippen molar-refractivity contribution in [1.82, 2.24) is 4.98 Å². The summed E-state index contributed by atoms with van der Waals surface area (Å²) in [6.45, 7) is 3.94. The molecule has 1 atom stereocenters. The molecule has 0 saturated carbocycles. The van der Waals surface area contributed by atoms with Crippen molar-refractivity contribution >= 4 is 11.6 Å².